The van der Waals surface area contributed by atoms with Crippen molar-refractivity contribution in [1.29, 1.82) is 0 Å². The standard InChI is InChI=1S/C10H15NO5S2/c1-3-10(2,14)6-11-18(15,16)7-4-8(9(12)13)17-5-7/h4-5,11,14H,3,6H2,1-2H3,(H,12,13). The molecule has 1 atom stereocenters. The Balaban J connectivity index is 2.83. The molecule has 1 unspecified atom stereocenters. The number of hydrogen-bond acceptors (Lipinski definition) is 5. The molecule has 0 amide bonds. The third kappa shape index (κ3) is 3.77. The zero-order valence-corrected chi connectivity index (χ0v) is 11.6. The second-order valence-corrected chi connectivity index (χ2v) is 6.81. The molecule has 0 aromatic carbocycles. The summed E-state index contributed by atoms with van der Waals surface area (Å²) in [6, 6.07) is 1.09. The number of carboxylic acid groups (broad SMARTS) is 1. The van der Waals surface area contributed by atoms with E-state index in [1.807, 2.05) is 0 Å². The molecule has 0 fully saturated rings. The zero-order valence-electron chi connectivity index (χ0n) is 10.0. The Kier molecular flexibility index (Phi) is 4.49. The summed E-state index contributed by atoms with van der Waals surface area (Å²) in [4.78, 5) is 10.5. The first kappa shape index (κ1) is 15.1. The molecule has 0 aliphatic rings. The van der Waals surface area contributed by atoms with Crippen LogP contribution >= 0.6 is 11.3 Å². The maximum atomic E-state index is 11.8. The Morgan fingerprint density at radius 2 is 2.17 bits per heavy atom. The topological polar surface area (TPSA) is 104 Å². The van der Waals surface area contributed by atoms with Gasteiger partial charge in [-0.15, -0.1) is 11.3 Å². The number of rotatable bonds is 6. The van der Waals surface area contributed by atoms with E-state index in [9.17, 15) is 18.3 Å². The normalized spacial score (nSPS) is 15.3. The van der Waals surface area contributed by atoms with Crippen LogP contribution in [0, 0.1) is 0 Å². The van der Waals surface area contributed by atoms with Gasteiger partial charge in [0.2, 0.25) is 10.0 Å². The quantitative estimate of drug-likeness (QED) is 0.722. The number of carboxylic acids is 1. The molecule has 102 valence electrons. The Bertz CT molecular complexity index is 532. The maximum absolute atomic E-state index is 11.8. The van der Waals surface area contributed by atoms with Crippen LogP contribution in [0.4, 0.5) is 0 Å². The predicted molar refractivity (Wildman–Crippen MR) is 67.4 cm³/mol. The van der Waals surface area contributed by atoms with Crippen molar-refractivity contribution >= 4 is 27.3 Å². The van der Waals surface area contributed by atoms with Gasteiger partial charge in [-0.1, -0.05) is 6.92 Å². The second-order valence-electron chi connectivity index (χ2n) is 4.13. The molecule has 0 aliphatic heterocycles. The third-order valence-electron chi connectivity index (χ3n) is 2.50. The van der Waals surface area contributed by atoms with E-state index in [2.05, 4.69) is 4.72 Å². The van der Waals surface area contributed by atoms with Crippen molar-refractivity contribution in [2.75, 3.05) is 6.54 Å². The Morgan fingerprint density at radius 3 is 2.61 bits per heavy atom. The number of aromatic carboxylic acids is 1. The number of carbonyl (C=O) groups is 1. The molecule has 1 aromatic heterocycles. The van der Waals surface area contributed by atoms with Gasteiger partial charge in [-0.05, 0) is 19.4 Å². The van der Waals surface area contributed by atoms with Crippen LogP contribution in [0.25, 0.3) is 0 Å². The second kappa shape index (κ2) is 5.35. The van der Waals surface area contributed by atoms with Crippen LogP contribution in [-0.4, -0.2) is 36.7 Å². The van der Waals surface area contributed by atoms with E-state index < -0.39 is 21.6 Å². The minimum atomic E-state index is -3.78. The van der Waals surface area contributed by atoms with Crippen molar-refractivity contribution in [1.82, 2.24) is 4.72 Å². The van der Waals surface area contributed by atoms with Crippen LogP contribution in [-0.2, 0) is 10.0 Å². The molecule has 0 saturated heterocycles. The summed E-state index contributed by atoms with van der Waals surface area (Å²) in [6.45, 7) is 3.14. The maximum Gasteiger partial charge on any atom is 0.345 e. The minimum absolute atomic E-state index is 0.0439. The minimum Gasteiger partial charge on any atom is -0.477 e. The molecule has 0 saturated carbocycles. The number of thiophene rings is 1. The van der Waals surface area contributed by atoms with Gasteiger partial charge in [0.1, 0.15) is 4.88 Å². The average Bonchev–Trinajstić information content (AvgIpc) is 2.77. The van der Waals surface area contributed by atoms with E-state index in [1.165, 1.54) is 12.3 Å². The van der Waals surface area contributed by atoms with Crippen molar-refractivity contribution < 1.29 is 23.4 Å². The lowest BCUT2D eigenvalue weighted by molar-refractivity contribution is 0.0613. The highest BCUT2D eigenvalue weighted by Crippen LogP contribution is 2.19. The SMILES string of the molecule is CCC(C)(O)CNS(=O)(=O)c1csc(C(=O)O)c1. The molecular weight excluding hydrogens is 278 g/mol. The van der Waals surface area contributed by atoms with Crippen LogP contribution in [0.2, 0.25) is 0 Å². The van der Waals surface area contributed by atoms with Crippen LogP contribution in [0.15, 0.2) is 16.3 Å². The summed E-state index contributed by atoms with van der Waals surface area (Å²) in [5.74, 6) is -1.16. The molecule has 1 rings (SSSR count). The van der Waals surface area contributed by atoms with E-state index in [-0.39, 0.29) is 16.3 Å². The number of nitrogens with one attached hydrogen (secondary N) is 1. The van der Waals surface area contributed by atoms with Gasteiger partial charge in [0.15, 0.2) is 0 Å². The fourth-order valence-corrected chi connectivity index (χ4v) is 3.30. The predicted octanol–water partition coefficient (Wildman–Crippen LogP) is 0.886. The van der Waals surface area contributed by atoms with Crippen molar-refractivity contribution in [2.45, 2.75) is 30.8 Å². The fraction of sp³-hybridized carbons (Fsp3) is 0.500. The van der Waals surface area contributed by atoms with Gasteiger partial charge in [-0.3, -0.25) is 0 Å². The molecule has 0 aliphatic carbocycles. The van der Waals surface area contributed by atoms with Crippen LogP contribution in [0.3, 0.4) is 0 Å². The summed E-state index contributed by atoms with van der Waals surface area (Å²) >= 11 is 0.842. The van der Waals surface area contributed by atoms with E-state index in [0.29, 0.717) is 6.42 Å². The van der Waals surface area contributed by atoms with Gasteiger partial charge in [0.05, 0.1) is 10.5 Å². The van der Waals surface area contributed by atoms with E-state index in [4.69, 9.17) is 5.11 Å². The number of sulfonamides is 1. The lowest BCUT2D eigenvalue weighted by atomic mass is 10.1. The summed E-state index contributed by atoms with van der Waals surface area (Å²) in [7, 11) is -3.78. The lowest BCUT2D eigenvalue weighted by Crippen LogP contribution is -2.39. The summed E-state index contributed by atoms with van der Waals surface area (Å²) in [5, 5.41) is 19.7. The molecule has 0 radical (unpaired) electrons. The van der Waals surface area contributed by atoms with Gasteiger partial charge in [-0.2, -0.15) is 0 Å². The van der Waals surface area contributed by atoms with E-state index >= 15 is 0 Å². The number of aliphatic hydroxyl groups is 1. The molecule has 18 heavy (non-hydrogen) atoms. The van der Waals surface area contributed by atoms with Crippen molar-refractivity contribution in [2.24, 2.45) is 0 Å². The molecule has 0 spiro atoms. The van der Waals surface area contributed by atoms with Gasteiger partial charge in [0, 0.05) is 11.9 Å². The van der Waals surface area contributed by atoms with Gasteiger partial charge in [0.25, 0.3) is 0 Å². The number of hydrogen-bond donors (Lipinski definition) is 3. The van der Waals surface area contributed by atoms with Crippen LogP contribution in [0.1, 0.15) is 29.9 Å². The molecule has 1 aromatic rings. The molecular formula is C10H15NO5S2. The fourth-order valence-electron chi connectivity index (χ4n) is 1.03. The Labute approximate surface area is 109 Å². The average molecular weight is 293 g/mol. The first-order valence-corrected chi connectivity index (χ1v) is 7.58. The van der Waals surface area contributed by atoms with Gasteiger partial charge in [-0.25, -0.2) is 17.9 Å². The van der Waals surface area contributed by atoms with Crippen molar-refractivity contribution in [3.8, 4) is 0 Å². The molecule has 8 heteroatoms. The first-order valence-electron chi connectivity index (χ1n) is 5.22. The Hall–Kier alpha value is -0.960. The summed E-state index contributed by atoms with van der Waals surface area (Å²) < 4.78 is 25.9. The first-order chi connectivity index (χ1) is 8.18. The van der Waals surface area contributed by atoms with Crippen LogP contribution in [0.5, 0.6) is 0 Å². The largest absolute Gasteiger partial charge is 0.477 e. The highest BCUT2D eigenvalue weighted by Gasteiger charge is 2.23. The van der Waals surface area contributed by atoms with Crippen LogP contribution < -0.4 is 4.72 Å². The van der Waals surface area contributed by atoms with Crippen molar-refractivity contribution in [3.63, 3.8) is 0 Å². The summed E-state index contributed by atoms with van der Waals surface area (Å²) in [5.41, 5.74) is -1.13. The smallest absolute Gasteiger partial charge is 0.345 e. The summed E-state index contributed by atoms with van der Waals surface area (Å²) in [6.07, 6.45) is 0.402. The third-order valence-corrected chi connectivity index (χ3v) is 4.95. The van der Waals surface area contributed by atoms with E-state index in [1.54, 1.807) is 6.92 Å². The van der Waals surface area contributed by atoms with E-state index in [0.717, 1.165) is 17.4 Å². The molecule has 3 N–H and O–H groups in total. The monoisotopic (exact) mass is 293 g/mol. The molecule has 1 heterocycles. The van der Waals surface area contributed by atoms with Crippen molar-refractivity contribution in [3.05, 3.63) is 16.3 Å². The highest BCUT2D eigenvalue weighted by molar-refractivity contribution is 7.89. The highest BCUT2D eigenvalue weighted by atomic mass is 32.2. The van der Waals surface area contributed by atoms with Gasteiger partial charge >= 0.3 is 5.97 Å². The van der Waals surface area contributed by atoms with Gasteiger partial charge < -0.3 is 10.2 Å². The Morgan fingerprint density at radius 1 is 1.56 bits per heavy atom. The lowest BCUT2D eigenvalue weighted by Gasteiger charge is -2.21. The zero-order chi connectivity index (χ0) is 14.0. The molecule has 6 nitrogen and oxygen atoms in total. The molecule has 0 bridgehead atoms.